The van der Waals surface area contributed by atoms with Crippen molar-refractivity contribution in [3.63, 3.8) is 0 Å². The summed E-state index contributed by atoms with van der Waals surface area (Å²) in [7, 11) is 0. The van der Waals surface area contributed by atoms with E-state index < -0.39 is 0 Å². The summed E-state index contributed by atoms with van der Waals surface area (Å²) in [5.74, 6) is 1.74. The average Bonchev–Trinajstić information content (AvgIpc) is 3.09. The number of hydrogen-bond acceptors (Lipinski definition) is 0. The maximum atomic E-state index is 2.32. The van der Waals surface area contributed by atoms with Crippen LogP contribution >= 0.6 is 0 Å². The SMILES string of the molecule is c1ccc2c(c1)CC1CC1c1ccccc1-2. The van der Waals surface area contributed by atoms with Crippen molar-refractivity contribution in [2.45, 2.75) is 18.8 Å². The Kier molecular flexibility index (Phi) is 1.59. The van der Waals surface area contributed by atoms with Crippen molar-refractivity contribution in [2.24, 2.45) is 5.92 Å². The zero-order valence-electron chi connectivity index (χ0n) is 9.19. The quantitative estimate of drug-likeness (QED) is 0.611. The molecule has 0 aliphatic heterocycles. The standard InChI is InChI=1S/C16H14/c1-2-6-13-11(5-1)9-12-10-16(12)15-8-4-3-7-14(13)15/h1-8,12,16H,9-10H2. The summed E-state index contributed by atoms with van der Waals surface area (Å²) in [5, 5.41) is 0. The minimum absolute atomic E-state index is 0.837. The van der Waals surface area contributed by atoms with Crippen LogP contribution in [-0.2, 0) is 6.42 Å². The van der Waals surface area contributed by atoms with Crippen molar-refractivity contribution in [1.29, 1.82) is 0 Å². The second-order valence-corrected chi connectivity index (χ2v) is 5.05. The topological polar surface area (TPSA) is 0 Å². The number of benzene rings is 2. The normalized spacial score (nSPS) is 25.0. The molecule has 2 aromatic carbocycles. The Balaban J connectivity index is 2.03. The second-order valence-electron chi connectivity index (χ2n) is 5.05. The highest BCUT2D eigenvalue weighted by Crippen LogP contribution is 2.54. The molecule has 1 saturated carbocycles. The molecule has 16 heavy (non-hydrogen) atoms. The van der Waals surface area contributed by atoms with Crippen LogP contribution in [0.5, 0.6) is 0 Å². The van der Waals surface area contributed by atoms with Gasteiger partial charge in [-0.2, -0.15) is 0 Å². The lowest BCUT2D eigenvalue weighted by atomic mass is 9.95. The summed E-state index contributed by atoms with van der Waals surface area (Å²) >= 11 is 0. The van der Waals surface area contributed by atoms with E-state index >= 15 is 0 Å². The average molecular weight is 206 g/mol. The molecule has 2 aromatic rings. The van der Waals surface area contributed by atoms with E-state index in [0.717, 1.165) is 11.8 Å². The van der Waals surface area contributed by atoms with Crippen LogP contribution in [0, 0.1) is 5.92 Å². The summed E-state index contributed by atoms with van der Waals surface area (Å²) in [6.07, 6.45) is 2.67. The van der Waals surface area contributed by atoms with Crippen molar-refractivity contribution in [3.05, 3.63) is 59.7 Å². The Hall–Kier alpha value is -1.56. The molecule has 0 bridgehead atoms. The number of fused-ring (bicyclic) bond motifs is 5. The van der Waals surface area contributed by atoms with Gasteiger partial charge >= 0.3 is 0 Å². The molecule has 0 aromatic heterocycles. The fraction of sp³-hybridized carbons (Fsp3) is 0.250. The summed E-state index contributed by atoms with van der Waals surface area (Å²) in [6.45, 7) is 0. The lowest BCUT2D eigenvalue weighted by Crippen LogP contribution is -1.89. The molecule has 0 heteroatoms. The smallest absolute Gasteiger partial charge is 0.0121 e. The van der Waals surface area contributed by atoms with E-state index in [4.69, 9.17) is 0 Å². The van der Waals surface area contributed by atoms with Crippen LogP contribution in [0.2, 0.25) is 0 Å². The number of hydrogen-bond donors (Lipinski definition) is 0. The highest BCUT2D eigenvalue weighted by molar-refractivity contribution is 5.73. The Bertz CT molecular complexity index is 553. The lowest BCUT2D eigenvalue weighted by molar-refractivity contribution is 0.805. The zero-order chi connectivity index (χ0) is 10.5. The molecule has 0 N–H and O–H groups in total. The number of rotatable bonds is 0. The first-order chi connectivity index (χ1) is 7.93. The monoisotopic (exact) mass is 206 g/mol. The van der Waals surface area contributed by atoms with E-state index in [1.165, 1.54) is 24.0 Å². The Morgan fingerprint density at radius 2 is 1.56 bits per heavy atom. The molecule has 0 radical (unpaired) electrons. The predicted octanol–water partition coefficient (Wildman–Crippen LogP) is 4.01. The van der Waals surface area contributed by atoms with E-state index in [1.807, 2.05) is 0 Å². The molecule has 0 heterocycles. The van der Waals surface area contributed by atoms with Gasteiger partial charge in [0.05, 0.1) is 0 Å². The van der Waals surface area contributed by atoms with Crippen molar-refractivity contribution in [2.75, 3.05) is 0 Å². The van der Waals surface area contributed by atoms with Crippen molar-refractivity contribution < 1.29 is 0 Å². The first-order valence-corrected chi connectivity index (χ1v) is 6.11. The summed E-state index contributed by atoms with van der Waals surface area (Å²) < 4.78 is 0. The summed E-state index contributed by atoms with van der Waals surface area (Å²) in [5.41, 5.74) is 6.06. The van der Waals surface area contributed by atoms with Crippen LogP contribution in [-0.4, -0.2) is 0 Å². The van der Waals surface area contributed by atoms with Gasteiger partial charge in [-0.15, -0.1) is 0 Å². The van der Waals surface area contributed by atoms with E-state index in [1.54, 1.807) is 11.1 Å². The van der Waals surface area contributed by atoms with Gasteiger partial charge in [-0.05, 0) is 46.9 Å². The molecule has 0 nitrogen and oxygen atoms in total. The third-order valence-electron chi connectivity index (χ3n) is 4.07. The highest BCUT2D eigenvalue weighted by Gasteiger charge is 2.41. The van der Waals surface area contributed by atoms with Crippen molar-refractivity contribution in [1.82, 2.24) is 0 Å². The van der Waals surface area contributed by atoms with E-state index in [2.05, 4.69) is 48.5 Å². The van der Waals surface area contributed by atoms with Crippen LogP contribution in [0.3, 0.4) is 0 Å². The Morgan fingerprint density at radius 3 is 2.50 bits per heavy atom. The van der Waals surface area contributed by atoms with Crippen LogP contribution in [0.4, 0.5) is 0 Å². The van der Waals surface area contributed by atoms with Crippen LogP contribution in [0.1, 0.15) is 23.5 Å². The molecule has 1 fully saturated rings. The van der Waals surface area contributed by atoms with Gasteiger partial charge in [0, 0.05) is 0 Å². The largest absolute Gasteiger partial charge is 0.0620 e. The van der Waals surface area contributed by atoms with Gasteiger partial charge in [-0.1, -0.05) is 48.5 Å². The molecule has 2 atom stereocenters. The molecule has 2 aliphatic carbocycles. The molecule has 0 saturated heterocycles. The van der Waals surface area contributed by atoms with Gasteiger partial charge < -0.3 is 0 Å². The Morgan fingerprint density at radius 1 is 0.812 bits per heavy atom. The van der Waals surface area contributed by atoms with Crippen LogP contribution in [0.15, 0.2) is 48.5 Å². The first-order valence-electron chi connectivity index (χ1n) is 6.11. The molecule has 0 amide bonds. The van der Waals surface area contributed by atoms with Crippen molar-refractivity contribution in [3.8, 4) is 11.1 Å². The maximum Gasteiger partial charge on any atom is -0.0121 e. The zero-order valence-corrected chi connectivity index (χ0v) is 9.19. The van der Waals surface area contributed by atoms with Crippen molar-refractivity contribution >= 4 is 0 Å². The van der Waals surface area contributed by atoms with Crippen LogP contribution in [0.25, 0.3) is 11.1 Å². The maximum absolute atomic E-state index is 2.32. The van der Waals surface area contributed by atoms with Gasteiger partial charge in [0.1, 0.15) is 0 Å². The van der Waals surface area contributed by atoms with Gasteiger partial charge in [0.2, 0.25) is 0 Å². The van der Waals surface area contributed by atoms with Gasteiger partial charge in [-0.25, -0.2) is 0 Å². The fourth-order valence-electron chi connectivity index (χ4n) is 3.16. The Labute approximate surface area is 95.9 Å². The van der Waals surface area contributed by atoms with Gasteiger partial charge in [0.25, 0.3) is 0 Å². The predicted molar refractivity (Wildman–Crippen MR) is 66.4 cm³/mol. The summed E-state index contributed by atoms with van der Waals surface area (Å²) in [4.78, 5) is 0. The molecular formula is C16H14. The van der Waals surface area contributed by atoms with Gasteiger partial charge in [0.15, 0.2) is 0 Å². The molecule has 0 spiro atoms. The molecular weight excluding hydrogens is 192 g/mol. The third kappa shape index (κ3) is 1.10. The first kappa shape index (κ1) is 8.58. The molecule has 78 valence electrons. The van der Waals surface area contributed by atoms with Gasteiger partial charge in [-0.3, -0.25) is 0 Å². The minimum Gasteiger partial charge on any atom is -0.0620 e. The van der Waals surface area contributed by atoms with E-state index in [-0.39, 0.29) is 0 Å². The summed E-state index contributed by atoms with van der Waals surface area (Å²) in [6, 6.07) is 17.9. The highest BCUT2D eigenvalue weighted by atomic mass is 14.5. The third-order valence-corrected chi connectivity index (χ3v) is 4.07. The lowest BCUT2D eigenvalue weighted by Gasteiger charge is -2.10. The van der Waals surface area contributed by atoms with E-state index in [0.29, 0.717) is 0 Å². The van der Waals surface area contributed by atoms with E-state index in [9.17, 15) is 0 Å². The molecule has 4 rings (SSSR count). The molecule has 2 unspecified atom stereocenters. The fourth-order valence-corrected chi connectivity index (χ4v) is 3.16. The van der Waals surface area contributed by atoms with Crippen LogP contribution < -0.4 is 0 Å². The minimum atomic E-state index is 0.837. The molecule has 2 aliphatic rings. The second kappa shape index (κ2) is 2.98.